The summed E-state index contributed by atoms with van der Waals surface area (Å²) < 4.78 is 10.8. The molecule has 0 aromatic rings. The molecular formula is C12H23NO2S. The van der Waals surface area contributed by atoms with E-state index in [4.69, 9.17) is 9.47 Å². The summed E-state index contributed by atoms with van der Waals surface area (Å²) in [4.78, 5) is 0. The molecule has 16 heavy (non-hydrogen) atoms. The number of rotatable bonds is 5. The lowest BCUT2D eigenvalue weighted by molar-refractivity contribution is 0.0999. The van der Waals surface area contributed by atoms with E-state index in [1.807, 2.05) is 0 Å². The maximum atomic E-state index is 5.46. The Bertz CT molecular complexity index is 191. The van der Waals surface area contributed by atoms with Gasteiger partial charge in [-0.25, -0.2) is 0 Å². The summed E-state index contributed by atoms with van der Waals surface area (Å²) in [5, 5.41) is 4.26. The van der Waals surface area contributed by atoms with Gasteiger partial charge in [-0.15, -0.1) is 0 Å². The lowest BCUT2D eigenvalue weighted by atomic mass is 10.0. The van der Waals surface area contributed by atoms with Crippen molar-refractivity contribution < 1.29 is 9.47 Å². The maximum Gasteiger partial charge on any atom is 0.0510 e. The molecule has 94 valence electrons. The van der Waals surface area contributed by atoms with Gasteiger partial charge in [-0.05, 0) is 26.3 Å². The Hall–Kier alpha value is 0.230. The van der Waals surface area contributed by atoms with Crippen LogP contribution in [0.25, 0.3) is 0 Å². The molecule has 2 atom stereocenters. The summed E-state index contributed by atoms with van der Waals surface area (Å²) in [6.07, 6.45) is 3.67. The fourth-order valence-corrected chi connectivity index (χ4v) is 3.85. The topological polar surface area (TPSA) is 30.5 Å². The Balaban J connectivity index is 1.69. The van der Waals surface area contributed by atoms with Gasteiger partial charge in [0.05, 0.1) is 6.61 Å². The van der Waals surface area contributed by atoms with Gasteiger partial charge in [0.25, 0.3) is 0 Å². The molecule has 0 saturated carbocycles. The Labute approximate surface area is 103 Å². The summed E-state index contributed by atoms with van der Waals surface area (Å²) in [6.45, 7) is 3.80. The molecule has 2 fully saturated rings. The van der Waals surface area contributed by atoms with E-state index in [0.29, 0.717) is 6.04 Å². The van der Waals surface area contributed by atoms with Crippen LogP contribution in [0.15, 0.2) is 0 Å². The molecule has 0 radical (unpaired) electrons. The fourth-order valence-electron chi connectivity index (χ4n) is 2.41. The molecule has 2 aliphatic heterocycles. The van der Waals surface area contributed by atoms with Crippen molar-refractivity contribution in [2.75, 3.05) is 39.2 Å². The molecule has 0 amide bonds. The second-order valence-corrected chi connectivity index (χ2v) is 6.00. The first-order valence-electron chi connectivity index (χ1n) is 6.34. The average Bonchev–Trinajstić information content (AvgIpc) is 2.85. The number of hydrogen-bond donors (Lipinski definition) is 1. The lowest BCUT2D eigenvalue weighted by Crippen LogP contribution is -2.37. The molecule has 0 aliphatic carbocycles. The minimum atomic E-state index is 0.621. The third-order valence-electron chi connectivity index (χ3n) is 3.58. The predicted octanol–water partition coefficient (Wildman–Crippen LogP) is 1.52. The highest BCUT2D eigenvalue weighted by Crippen LogP contribution is 2.26. The average molecular weight is 245 g/mol. The first kappa shape index (κ1) is 12.7. The highest BCUT2D eigenvalue weighted by atomic mass is 32.2. The van der Waals surface area contributed by atoms with Crippen molar-refractivity contribution in [3.8, 4) is 0 Å². The van der Waals surface area contributed by atoms with Crippen LogP contribution in [0.1, 0.15) is 19.3 Å². The molecule has 0 aromatic heterocycles. The smallest absolute Gasteiger partial charge is 0.0510 e. The summed E-state index contributed by atoms with van der Waals surface area (Å²) in [5.74, 6) is 1.94. The van der Waals surface area contributed by atoms with Crippen molar-refractivity contribution in [3.63, 3.8) is 0 Å². The van der Waals surface area contributed by atoms with Gasteiger partial charge in [-0.3, -0.25) is 0 Å². The van der Waals surface area contributed by atoms with Crippen molar-refractivity contribution in [1.82, 2.24) is 5.32 Å². The summed E-state index contributed by atoms with van der Waals surface area (Å²) in [5.41, 5.74) is 0. The highest BCUT2D eigenvalue weighted by Gasteiger charge is 2.25. The van der Waals surface area contributed by atoms with E-state index in [9.17, 15) is 0 Å². The molecule has 0 aromatic carbocycles. The molecule has 2 rings (SSSR count). The van der Waals surface area contributed by atoms with Crippen molar-refractivity contribution in [2.24, 2.45) is 5.92 Å². The van der Waals surface area contributed by atoms with Crippen LogP contribution in [0.5, 0.6) is 0 Å². The Morgan fingerprint density at radius 2 is 1.94 bits per heavy atom. The van der Waals surface area contributed by atoms with Crippen molar-refractivity contribution in [3.05, 3.63) is 0 Å². The van der Waals surface area contributed by atoms with Crippen LogP contribution in [0, 0.1) is 5.92 Å². The third kappa shape index (κ3) is 3.62. The van der Waals surface area contributed by atoms with Gasteiger partial charge in [-0.2, -0.15) is 11.8 Å². The van der Waals surface area contributed by atoms with Gasteiger partial charge in [-0.1, -0.05) is 0 Å². The minimum absolute atomic E-state index is 0.621. The van der Waals surface area contributed by atoms with E-state index in [2.05, 4.69) is 24.1 Å². The normalized spacial score (nSPS) is 29.4. The Morgan fingerprint density at radius 3 is 2.56 bits per heavy atom. The summed E-state index contributed by atoms with van der Waals surface area (Å²) in [6, 6.07) is 0.621. The molecule has 0 spiro atoms. The molecule has 3 nitrogen and oxygen atoms in total. The van der Waals surface area contributed by atoms with Gasteiger partial charge in [0.1, 0.15) is 0 Å². The van der Waals surface area contributed by atoms with Crippen molar-refractivity contribution in [2.45, 2.75) is 30.6 Å². The van der Waals surface area contributed by atoms with Crippen LogP contribution in [0.2, 0.25) is 0 Å². The third-order valence-corrected chi connectivity index (χ3v) is 5.08. The Kier molecular flexibility index (Phi) is 5.42. The standard InChI is InChI=1S/C12H23NO2S/c1-13-12(10-2-5-15-8-10)9-16-11-3-6-14-7-4-11/h10-13H,2-9H2,1H3. The van der Waals surface area contributed by atoms with Crippen LogP contribution < -0.4 is 5.32 Å². The number of thioether (sulfide) groups is 1. The zero-order chi connectivity index (χ0) is 11.2. The van der Waals surface area contributed by atoms with Crippen LogP contribution in [-0.4, -0.2) is 50.5 Å². The van der Waals surface area contributed by atoms with Crippen molar-refractivity contribution in [1.29, 1.82) is 0 Å². The van der Waals surface area contributed by atoms with Gasteiger partial charge in [0, 0.05) is 42.8 Å². The summed E-state index contributed by atoms with van der Waals surface area (Å²) in [7, 11) is 2.08. The molecule has 2 aliphatic rings. The van der Waals surface area contributed by atoms with Crippen LogP contribution in [0.3, 0.4) is 0 Å². The van der Waals surface area contributed by atoms with E-state index in [1.165, 1.54) is 25.0 Å². The minimum Gasteiger partial charge on any atom is -0.381 e. The van der Waals surface area contributed by atoms with E-state index in [-0.39, 0.29) is 0 Å². The van der Waals surface area contributed by atoms with Crippen molar-refractivity contribution >= 4 is 11.8 Å². The van der Waals surface area contributed by atoms with Gasteiger partial charge in [0.2, 0.25) is 0 Å². The maximum absolute atomic E-state index is 5.46. The quantitative estimate of drug-likeness (QED) is 0.795. The van der Waals surface area contributed by atoms with E-state index in [0.717, 1.165) is 37.6 Å². The first-order chi connectivity index (χ1) is 7.90. The lowest BCUT2D eigenvalue weighted by Gasteiger charge is -2.26. The summed E-state index contributed by atoms with van der Waals surface area (Å²) >= 11 is 2.12. The largest absolute Gasteiger partial charge is 0.381 e. The van der Waals surface area contributed by atoms with Crippen LogP contribution >= 0.6 is 11.8 Å². The van der Waals surface area contributed by atoms with Gasteiger partial charge < -0.3 is 14.8 Å². The molecule has 4 heteroatoms. The number of nitrogens with one attached hydrogen (secondary N) is 1. The second-order valence-electron chi connectivity index (χ2n) is 4.66. The predicted molar refractivity (Wildman–Crippen MR) is 68.1 cm³/mol. The van der Waals surface area contributed by atoms with Crippen LogP contribution in [-0.2, 0) is 9.47 Å². The fraction of sp³-hybridized carbons (Fsp3) is 1.00. The molecule has 2 saturated heterocycles. The molecule has 2 heterocycles. The number of ether oxygens (including phenoxy) is 2. The van der Waals surface area contributed by atoms with Gasteiger partial charge in [0.15, 0.2) is 0 Å². The van der Waals surface area contributed by atoms with E-state index >= 15 is 0 Å². The van der Waals surface area contributed by atoms with Gasteiger partial charge >= 0.3 is 0 Å². The zero-order valence-corrected chi connectivity index (χ0v) is 10.9. The SMILES string of the molecule is CNC(CSC1CCOCC1)C1CCOC1. The molecule has 1 N–H and O–H groups in total. The monoisotopic (exact) mass is 245 g/mol. The second kappa shape index (κ2) is 6.84. The van der Waals surface area contributed by atoms with E-state index in [1.54, 1.807) is 0 Å². The first-order valence-corrected chi connectivity index (χ1v) is 7.39. The molecule has 2 unspecified atom stereocenters. The molecular weight excluding hydrogens is 222 g/mol. The number of hydrogen-bond acceptors (Lipinski definition) is 4. The molecule has 0 bridgehead atoms. The Morgan fingerprint density at radius 1 is 1.19 bits per heavy atom. The van der Waals surface area contributed by atoms with Crippen LogP contribution in [0.4, 0.5) is 0 Å². The zero-order valence-electron chi connectivity index (χ0n) is 10.1. The van der Waals surface area contributed by atoms with E-state index < -0.39 is 0 Å². The highest BCUT2D eigenvalue weighted by molar-refractivity contribution is 7.99.